The molecule has 1 unspecified atom stereocenters. The minimum Gasteiger partial charge on any atom is -0.462 e. The van der Waals surface area contributed by atoms with Gasteiger partial charge in [0.15, 0.2) is 0 Å². The van der Waals surface area contributed by atoms with Crippen LogP contribution in [0.25, 0.3) is 0 Å². The van der Waals surface area contributed by atoms with Crippen molar-refractivity contribution in [2.75, 3.05) is 20.3 Å². The van der Waals surface area contributed by atoms with Crippen LogP contribution in [0.4, 0.5) is 62.8 Å². The van der Waals surface area contributed by atoms with Crippen LogP contribution >= 0.6 is 0 Å². The zero-order valence-corrected chi connectivity index (χ0v) is 28.4. The van der Waals surface area contributed by atoms with Crippen LogP contribution in [0.1, 0.15) is 49.8 Å². The van der Waals surface area contributed by atoms with Gasteiger partial charge >= 0.3 is 47.7 Å². The molecule has 304 valence electrons. The first-order chi connectivity index (χ1) is 25.2. The summed E-state index contributed by atoms with van der Waals surface area (Å²) in [7, 11) is 1.31. The van der Waals surface area contributed by atoms with Gasteiger partial charge in [-0.05, 0) is 31.4 Å². The van der Waals surface area contributed by atoms with E-state index in [9.17, 15) is 76.8 Å². The molecule has 0 aliphatic carbocycles. The predicted molar refractivity (Wildman–Crippen MR) is 163 cm³/mol. The number of nitrogens with one attached hydrogen (secondary N) is 1. The lowest BCUT2D eigenvalue weighted by Crippen LogP contribution is -2.70. The number of hydrogen-bond donors (Lipinski definition) is 1. The van der Waals surface area contributed by atoms with Crippen LogP contribution in [0, 0.1) is 10.1 Å². The standard InChI is InChI=1S/C33H29F13N2O7/c1-17-23(26(49)54-14-8-13-28(34,35)29(36,37)30(38,39)31(40,41)32(42,43)33(44,45)46)25(20-11-7-12-21(15-20)48(51)52)24(18(2)47-17)27(50)55-16-22(53-3)19-9-5-4-6-10-19/h4-7,9-12,15,22,25,47H,8,13-14,16H2,1-3H3/t22-,25?/m1/s1. The van der Waals surface area contributed by atoms with E-state index in [-0.39, 0.29) is 22.5 Å². The van der Waals surface area contributed by atoms with Crippen molar-refractivity contribution in [1.29, 1.82) is 0 Å². The molecule has 55 heavy (non-hydrogen) atoms. The van der Waals surface area contributed by atoms with Crippen LogP contribution in [-0.2, 0) is 23.8 Å². The Hall–Kier alpha value is -4.89. The van der Waals surface area contributed by atoms with Crippen molar-refractivity contribution in [3.05, 3.63) is 98.4 Å². The lowest BCUT2D eigenvalue weighted by Gasteiger charge is -2.39. The number of nitrogens with zero attached hydrogens (tertiary/aromatic N) is 1. The molecule has 1 heterocycles. The number of carbonyl (C=O) groups excluding carboxylic acids is 2. The zero-order valence-electron chi connectivity index (χ0n) is 28.4. The van der Waals surface area contributed by atoms with E-state index in [1.807, 2.05) is 0 Å². The number of hydrogen-bond acceptors (Lipinski definition) is 8. The molecule has 2 atom stereocenters. The van der Waals surface area contributed by atoms with E-state index < -0.39 is 102 Å². The summed E-state index contributed by atoms with van der Waals surface area (Å²) in [4.78, 5) is 37.7. The van der Waals surface area contributed by atoms with Gasteiger partial charge in [0, 0.05) is 37.1 Å². The summed E-state index contributed by atoms with van der Waals surface area (Å²) in [6.45, 7) is 0.775. The fourth-order valence-electron chi connectivity index (χ4n) is 5.38. The van der Waals surface area contributed by atoms with Gasteiger partial charge in [-0.15, -0.1) is 0 Å². The number of halogens is 13. The summed E-state index contributed by atoms with van der Waals surface area (Å²) < 4.78 is 191. The Morgan fingerprint density at radius 1 is 0.764 bits per heavy atom. The van der Waals surface area contributed by atoms with Crippen molar-refractivity contribution in [2.24, 2.45) is 0 Å². The summed E-state index contributed by atoms with van der Waals surface area (Å²) in [5.74, 6) is -42.0. The van der Waals surface area contributed by atoms with Crippen LogP contribution < -0.4 is 5.32 Å². The fraction of sp³-hybridized carbons (Fsp3) is 0.455. The summed E-state index contributed by atoms with van der Waals surface area (Å²) in [6, 6.07) is 12.8. The van der Waals surface area contributed by atoms with Crippen molar-refractivity contribution in [3.63, 3.8) is 0 Å². The number of nitro benzene ring substituents is 1. The number of esters is 2. The van der Waals surface area contributed by atoms with E-state index in [0.29, 0.717) is 5.56 Å². The fourth-order valence-corrected chi connectivity index (χ4v) is 5.38. The highest BCUT2D eigenvalue weighted by Crippen LogP contribution is 2.60. The molecule has 0 fully saturated rings. The number of alkyl halides is 13. The van der Waals surface area contributed by atoms with Gasteiger partial charge in [-0.2, -0.15) is 57.1 Å². The second kappa shape index (κ2) is 16.1. The molecule has 0 saturated carbocycles. The van der Waals surface area contributed by atoms with Gasteiger partial charge < -0.3 is 19.5 Å². The summed E-state index contributed by atoms with van der Waals surface area (Å²) in [6.07, 6.45) is -12.6. The lowest BCUT2D eigenvalue weighted by atomic mass is 9.80. The Labute approximate surface area is 302 Å². The number of dihydropyridines is 1. The predicted octanol–water partition coefficient (Wildman–Crippen LogP) is 8.82. The van der Waals surface area contributed by atoms with Crippen molar-refractivity contribution in [2.45, 2.75) is 74.5 Å². The maximum Gasteiger partial charge on any atom is 0.460 e. The van der Waals surface area contributed by atoms with Crippen LogP contribution in [0.5, 0.6) is 0 Å². The Morgan fingerprint density at radius 3 is 1.80 bits per heavy atom. The molecule has 0 saturated heterocycles. The number of ether oxygens (including phenoxy) is 3. The first-order valence-corrected chi connectivity index (χ1v) is 15.5. The second-order valence-corrected chi connectivity index (χ2v) is 12.0. The van der Waals surface area contributed by atoms with Crippen molar-refractivity contribution >= 4 is 17.6 Å². The topological polar surface area (TPSA) is 117 Å². The number of allylic oxidation sites excluding steroid dienone is 2. The molecule has 0 amide bonds. The van der Waals surface area contributed by atoms with E-state index in [4.69, 9.17) is 14.2 Å². The number of rotatable bonds is 16. The first-order valence-electron chi connectivity index (χ1n) is 15.5. The molecule has 2 aromatic rings. The van der Waals surface area contributed by atoms with E-state index >= 15 is 0 Å². The number of non-ortho nitro benzene ring substituents is 1. The second-order valence-electron chi connectivity index (χ2n) is 12.0. The van der Waals surface area contributed by atoms with E-state index in [1.165, 1.54) is 33.1 Å². The van der Waals surface area contributed by atoms with Crippen LogP contribution in [0.15, 0.2) is 77.1 Å². The highest BCUT2D eigenvalue weighted by atomic mass is 19.4. The Morgan fingerprint density at radius 2 is 1.29 bits per heavy atom. The van der Waals surface area contributed by atoms with Crippen molar-refractivity contribution in [1.82, 2.24) is 5.32 Å². The van der Waals surface area contributed by atoms with Gasteiger partial charge in [0.25, 0.3) is 5.69 Å². The van der Waals surface area contributed by atoms with Crippen LogP contribution in [0.2, 0.25) is 0 Å². The van der Waals surface area contributed by atoms with Crippen molar-refractivity contribution in [3.8, 4) is 0 Å². The van der Waals surface area contributed by atoms with Gasteiger partial charge in [0.2, 0.25) is 0 Å². The largest absolute Gasteiger partial charge is 0.462 e. The summed E-state index contributed by atoms with van der Waals surface area (Å²) >= 11 is 0. The first kappa shape index (κ1) is 44.5. The van der Waals surface area contributed by atoms with Gasteiger partial charge in [0.1, 0.15) is 12.7 Å². The molecular formula is C33H29F13N2O7. The quantitative estimate of drug-likeness (QED) is 0.0588. The van der Waals surface area contributed by atoms with E-state index in [2.05, 4.69) is 5.32 Å². The Kier molecular flexibility index (Phi) is 13.0. The number of benzene rings is 2. The molecule has 9 nitrogen and oxygen atoms in total. The van der Waals surface area contributed by atoms with Crippen LogP contribution in [-0.4, -0.2) is 73.0 Å². The number of carbonyl (C=O) groups is 2. The molecular weight excluding hydrogens is 783 g/mol. The molecule has 1 aliphatic rings. The average Bonchev–Trinajstić information content (AvgIpc) is 3.09. The molecule has 1 aliphatic heterocycles. The third kappa shape index (κ3) is 8.52. The molecule has 22 heteroatoms. The molecule has 3 rings (SSSR count). The SMILES string of the molecule is CO[C@H](COC(=O)C1=C(C)NC(C)=C(C(=O)OCCCC(F)(F)C(F)(F)C(F)(F)C(F)(F)C(F)(F)C(F)(F)F)C1c1cccc([N+](=O)[O-])c1)c1ccccc1. The molecule has 0 spiro atoms. The highest BCUT2D eigenvalue weighted by Gasteiger charge is 2.90. The summed E-state index contributed by atoms with van der Waals surface area (Å²) in [5.41, 5.74) is -1.01. The summed E-state index contributed by atoms with van der Waals surface area (Å²) in [5, 5.41) is 14.2. The maximum absolute atomic E-state index is 14.3. The number of nitro groups is 1. The van der Waals surface area contributed by atoms with E-state index in [1.54, 1.807) is 30.3 Å². The highest BCUT2D eigenvalue weighted by molar-refractivity contribution is 6.00. The lowest BCUT2D eigenvalue weighted by molar-refractivity contribution is -0.440. The normalized spacial score (nSPS) is 16.8. The Bertz CT molecular complexity index is 1810. The molecule has 1 N–H and O–H groups in total. The van der Waals surface area contributed by atoms with Gasteiger partial charge in [0.05, 0.1) is 28.6 Å². The minimum atomic E-state index is -8.06. The smallest absolute Gasteiger partial charge is 0.460 e. The third-order valence-electron chi connectivity index (χ3n) is 8.30. The van der Waals surface area contributed by atoms with Gasteiger partial charge in [-0.3, -0.25) is 10.1 Å². The number of methoxy groups -OCH3 is 1. The van der Waals surface area contributed by atoms with Crippen molar-refractivity contribution < 1.29 is 85.8 Å². The van der Waals surface area contributed by atoms with Crippen LogP contribution in [0.3, 0.4) is 0 Å². The monoisotopic (exact) mass is 812 g/mol. The molecule has 0 bridgehead atoms. The third-order valence-corrected chi connectivity index (χ3v) is 8.30. The maximum atomic E-state index is 14.3. The van der Waals surface area contributed by atoms with E-state index in [0.717, 1.165) is 12.1 Å². The molecule has 0 aromatic heterocycles. The Balaban J connectivity index is 1.89. The minimum absolute atomic E-state index is 0.0416. The molecule has 0 radical (unpaired) electrons. The van der Waals surface area contributed by atoms with Gasteiger partial charge in [-0.25, -0.2) is 9.59 Å². The average molecular weight is 813 g/mol. The molecule has 2 aromatic carbocycles. The zero-order chi connectivity index (χ0) is 41.9. The van der Waals surface area contributed by atoms with Gasteiger partial charge in [-0.1, -0.05) is 42.5 Å².